The van der Waals surface area contributed by atoms with Crippen molar-refractivity contribution in [3.63, 3.8) is 0 Å². The van der Waals surface area contributed by atoms with E-state index in [1.54, 1.807) is 25.1 Å². The SMILES string of the molecule is C=CC1=C(C)c2cc3nc(cc4[nH]c(cc5[nH]c(cc1n2)c(C)c5CCC(=O)OC)c(CCC(=O)OC)c4C)[C@@]1(C)C3=CC=C(C(=O)O)C1C(=O)CO. The van der Waals surface area contributed by atoms with Crippen LogP contribution in [0, 0.1) is 19.8 Å². The van der Waals surface area contributed by atoms with Crippen molar-refractivity contribution in [1.29, 1.82) is 0 Å². The number of nitrogens with zero attached hydrogens (tertiary/aromatic N) is 2. The number of carboxylic acid groups (broad SMARTS) is 1. The lowest BCUT2D eigenvalue weighted by atomic mass is 9.63. The van der Waals surface area contributed by atoms with Crippen molar-refractivity contribution in [2.45, 2.75) is 58.8 Å². The molecule has 4 N–H and O–H groups in total. The minimum Gasteiger partial charge on any atom is -0.478 e. The van der Waals surface area contributed by atoms with Crippen LogP contribution in [0.5, 0.6) is 0 Å². The number of methoxy groups -OCH3 is 2. The van der Waals surface area contributed by atoms with Crippen molar-refractivity contribution in [3.8, 4) is 0 Å². The molecule has 8 bridgehead atoms. The number of carbonyl (C=O) groups is 4. The van der Waals surface area contributed by atoms with E-state index in [2.05, 4.69) is 16.5 Å². The summed E-state index contributed by atoms with van der Waals surface area (Å²) in [6, 6.07) is 7.52. The van der Waals surface area contributed by atoms with E-state index in [1.165, 1.54) is 20.3 Å². The molecular formula is C41H42N4O8. The van der Waals surface area contributed by atoms with Crippen molar-refractivity contribution in [1.82, 2.24) is 19.9 Å². The van der Waals surface area contributed by atoms with Gasteiger partial charge >= 0.3 is 17.9 Å². The summed E-state index contributed by atoms with van der Waals surface area (Å²) in [7, 11) is 2.70. The van der Waals surface area contributed by atoms with E-state index < -0.39 is 29.7 Å². The van der Waals surface area contributed by atoms with Gasteiger partial charge in [0.2, 0.25) is 0 Å². The standard InChI is InChI=1S/C41H42N4O8/c1-8-23-20(2)29-16-34-27-12-9-26(40(50)51)39(35(47)19-46)41(27,5)36(45-34)18-30-22(4)25(11-14-38(49)53-7)33(44-30)17-32-24(10-13-37(48)52-6)21(3)28(43-32)15-31(23)42-29/h8-9,12,15-18,39,43-44,46H,1,10-11,13-14,19H2,2-7H3,(H,50,51)/t39?,41-/m1/s1. The highest BCUT2D eigenvalue weighted by Gasteiger charge is 2.52. The second kappa shape index (κ2) is 14.3. The Bertz CT molecular complexity index is 2370. The predicted octanol–water partition coefficient (Wildman–Crippen LogP) is 5.80. The third-order valence-electron chi connectivity index (χ3n) is 10.8. The van der Waals surface area contributed by atoms with Gasteiger partial charge in [-0.05, 0) is 98.2 Å². The van der Waals surface area contributed by atoms with Gasteiger partial charge in [0.05, 0.1) is 48.3 Å². The molecule has 53 heavy (non-hydrogen) atoms. The number of rotatable bonds is 10. The fourth-order valence-corrected chi connectivity index (χ4v) is 7.78. The van der Waals surface area contributed by atoms with E-state index in [4.69, 9.17) is 19.4 Å². The maximum Gasteiger partial charge on any atom is 0.332 e. The molecule has 0 spiro atoms. The summed E-state index contributed by atoms with van der Waals surface area (Å²) in [4.78, 5) is 67.8. The minimum absolute atomic E-state index is 0.111. The molecule has 3 aliphatic rings. The van der Waals surface area contributed by atoms with Crippen LogP contribution < -0.4 is 0 Å². The topological polar surface area (TPSA) is 185 Å². The number of aromatic amines is 2. The molecule has 6 rings (SSSR count). The van der Waals surface area contributed by atoms with Crippen LogP contribution in [0.25, 0.3) is 38.8 Å². The van der Waals surface area contributed by atoms with Crippen LogP contribution in [0.4, 0.5) is 0 Å². The third kappa shape index (κ3) is 6.33. The van der Waals surface area contributed by atoms with E-state index in [0.29, 0.717) is 52.2 Å². The second-order valence-corrected chi connectivity index (χ2v) is 13.6. The Morgan fingerprint density at radius 3 is 1.94 bits per heavy atom. The highest BCUT2D eigenvalue weighted by Crippen LogP contribution is 2.52. The van der Waals surface area contributed by atoms with Gasteiger partial charge in [0.1, 0.15) is 6.61 Å². The summed E-state index contributed by atoms with van der Waals surface area (Å²) in [5, 5.41) is 20.3. The van der Waals surface area contributed by atoms with Gasteiger partial charge in [-0.25, -0.2) is 9.78 Å². The van der Waals surface area contributed by atoms with Gasteiger partial charge in [-0.1, -0.05) is 24.8 Å². The number of nitrogens with one attached hydrogen (secondary N) is 2. The van der Waals surface area contributed by atoms with E-state index in [-0.39, 0.29) is 30.4 Å². The maximum absolute atomic E-state index is 13.5. The molecule has 274 valence electrons. The van der Waals surface area contributed by atoms with Gasteiger partial charge in [0.15, 0.2) is 5.78 Å². The number of hydrogen-bond donors (Lipinski definition) is 4. The third-order valence-corrected chi connectivity index (χ3v) is 10.8. The number of carboxylic acids is 1. The Kier molecular flexibility index (Phi) is 9.93. The molecule has 3 aromatic heterocycles. The molecule has 0 saturated heterocycles. The van der Waals surface area contributed by atoms with Crippen molar-refractivity contribution in [3.05, 3.63) is 99.7 Å². The zero-order valence-corrected chi connectivity index (χ0v) is 30.6. The number of H-pyrrole nitrogens is 2. The molecule has 2 atom stereocenters. The normalized spacial score (nSPS) is 17.8. The van der Waals surface area contributed by atoms with E-state index in [1.807, 2.05) is 39.0 Å². The molecule has 0 aromatic carbocycles. The number of esters is 2. The first-order valence-corrected chi connectivity index (χ1v) is 17.3. The molecular weight excluding hydrogens is 676 g/mol. The Hall–Kier alpha value is -5.88. The maximum atomic E-state index is 13.5. The van der Waals surface area contributed by atoms with Crippen molar-refractivity contribution >= 4 is 62.5 Å². The fourth-order valence-electron chi connectivity index (χ4n) is 7.78. The van der Waals surface area contributed by atoms with Crippen LogP contribution in [0.1, 0.15) is 71.7 Å². The van der Waals surface area contributed by atoms with Gasteiger partial charge in [-0.3, -0.25) is 19.4 Å². The lowest BCUT2D eigenvalue weighted by Crippen LogP contribution is -2.42. The molecule has 1 aliphatic carbocycles. The average Bonchev–Trinajstić information content (AvgIpc) is 3.79. The lowest BCUT2D eigenvalue weighted by Gasteiger charge is -2.36. The molecule has 0 amide bonds. The number of Topliss-reactive ketones (excluding diaryl/α,β-unsaturated/α-hetero) is 1. The molecule has 0 radical (unpaired) electrons. The first kappa shape index (κ1) is 36.9. The number of aryl methyl sites for hydroxylation is 4. The number of allylic oxidation sites excluding steroid dienone is 6. The summed E-state index contributed by atoms with van der Waals surface area (Å²) in [5.41, 5.74) is 9.35. The number of ketones is 1. The number of aliphatic hydroxyl groups excluding tert-OH is 1. The zero-order valence-electron chi connectivity index (χ0n) is 30.6. The summed E-state index contributed by atoms with van der Waals surface area (Å²) in [5.74, 6) is -3.88. The summed E-state index contributed by atoms with van der Waals surface area (Å²) < 4.78 is 9.91. The Labute approximate surface area is 306 Å². The zero-order chi connectivity index (χ0) is 38.4. The monoisotopic (exact) mass is 718 g/mol. The molecule has 3 aromatic rings. The van der Waals surface area contributed by atoms with Gasteiger partial charge < -0.3 is 29.7 Å². The second-order valence-electron chi connectivity index (χ2n) is 13.6. The van der Waals surface area contributed by atoms with Gasteiger partial charge in [0, 0.05) is 46.1 Å². The highest BCUT2D eigenvalue weighted by molar-refractivity contribution is 6.03. The summed E-state index contributed by atoms with van der Waals surface area (Å²) in [6.07, 6.45) is 5.83. The number of carbonyl (C=O) groups excluding carboxylic acids is 3. The predicted molar refractivity (Wildman–Crippen MR) is 200 cm³/mol. The Morgan fingerprint density at radius 1 is 0.830 bits per heavy atom. The van der Waals surface area contributed by atoms with Crippen LogP contribution >= 0.6 is 0 Å². The van der Waals surface area contributed by atoms with E-state index in [0.717, 1.165) is 44.4 Å². The molecule has 5 heterocycles. The number of hydrogen-bond acceptors (Lipinski definition) is 9. The molecule has 0 saturated carbocycles. The number of aliphatic hydroxyl groups is 1. The Balaban J connectivity index is 1.77. The van der Waals surface area contributed by atoms with Gasteiger partial charge in [0.25, 0.3) is 0 Å². The molecule has 12 nitrogen and oxygen atoms in total. The molecule has 1 unspecified atom stereocenters. The number of ether oxygens (including phenoxy) is 2. The van der Waals surface area contributed by atoms with Gasteiger partial charge in [-0.2, -0.15) is 0 Å². The Morgan fingerprint density at radius 2 is 1.42 bits per heavy atom. The largest absolute Gasteiger partial charge is 0.478 e. The number of fused-ring (bicyclic) bond motifs is 11. The number of aliphatic carboxylic acids is 1. The minimum atomic E-state index is -1.28. The molecule has 12 heteroatoms. The molecule has 0 fully saturated rings. The van der Waals surface area contributed by atoms with Crippen LogP contribution in [0.2, 0.25) is 0 Å². The fraction of sp³-hybridized carbons (Fsp3) is 0.317. The van der Waals surface area contributed by atoms with Crippen molar-refractivity contribution in [2.24, 2.45) is 5.92 Å². The first-order valence-electron chi connectivity index (χ1n) is 17.3. The lowest BCUT2D eigenvalue weighted by molar-refractivity contribution is -0.141. The first-order chi connectivity index (χ1) is 25.3. The highest BCUT2D eigenvalue weighted by atomic mass is 16.5. The van der Waals surface area contributed by atoms with Gasteiger partial charge in [-0.15, -0.1) is 0 Å². The summed E-state index contributed by atoms with van der Waals surface area (Å²) in [6.45, 7) is 10.8. The molecule has 2 aliphatic heterocycles. The summed E-state index contributed by atoms with van der Waals surface area (Å²) >= 11 is 0. The van der Waals surface area contributed by atoms with E-state index in [9.17, 15) is 29.4 Å². The van der Waals surface area contributed by atoms with Crippen LogP contribution in [-0.4, -0.2) is 74.7 Å². The van der Waals surface area contributed by atoms with Crippen LogP contribution in [0.15, 0.2) is 54.6 Å². The van der Waals surface area contributed by atoms with Crippen molar-refractivity contribution in [2.75, 3.05) is 20.8 Å². The van der Waals surface area contributed by atoms with Crippen molar-refractivity contribution < 1.29 is 38.9 Å². The van der Waals surface area contributed by atoms with Crippen LogP contribution in [-0.2, 0) is 46.9 Å². The smallest absolute Gasteiger partial charge is 0.332 e. The van der Waals surface area contributed by atoms with E-state index >= 15 is 0 Å². The van der Waals surface area contributed by atoms with Crippen LogP contribution in [0.3, 0.4) is 0 Å². The average molecular weight is 719 g/mol. The quantitative estimate of drug-likeness (QED) is 0.187. The number of aromatic nitrogens is 4.